The molecule has 0 spiro atoms. The van der Waals surface area contributed by atoms with Gasteiger partial charge in [0.05, 0.1) is 0 Å². The Morgan fingerprint density at radius 3 is 2.67 bits per heavy atom. The lowest BCUT2D eigenvalue weighted by atomic mass is 10.0. The van der Waals surface area contributed by atoms with Crippen molar-refractivity contribution in [2.24, 2.45) is 0 Å². The molecule has 1 N–H and O–H groups in total. The molecule has 0 bridgehead atoms. The topological polar surface area (TPSA) is 24.9 Å². The Morgan fingerprint density at radius 2 is 2.13 bits per heavy atom. The first-order chi connectivity index (χ1) is 7.22. The standard InChI is InChI=1S/C13H20N2/c1-9(2)12-7-6-11(8-14-3)13(15-12)10-4-5-10/h6-7,9-10,14H,4-5,8H2,1-3H3. The Bertz CT molecular complexity index is 340. The average molecular weight is 204 g/mol. The molecule has 1 fully saturated rings. The van der Waals surface area contributed by atoms with E-state index in [0.717, 1.165) is 12.5 Å². The number of hydrogen-bond acceptors (Lipinski definition) is 2. The molecule has 0 saturated heterocycles. The van der Waals surface area contributed by atoms with Gasteiger partial charge in [-0.1, -0.05) is 19.9 Å². The summed E-state index contributed by atoms with van der Waals surface area (Å²) in [5, 5.41) is 3.22. The summed E-state index contributed by atoms with van der Waals surface area (Å²) in [6.45, 7) is 5.35. The summed E-state index contributed by atoms with van der Waals surface area (Å²) in [7, 11) is 1.99. The van der Waals surface area contributed by atoms with Crippen LogP contribution in [0.3, 0.4) is 0 Å². The van der Waals surface area contributed by atoms with Gasteiger partial charge in [0.25, 0.3) is 0 Å². The van der Waals surface area contributed by atoms with Crippen LogP contribution in [0.2, 0.25) is 0 Å². The van der Waals surface area contributed by atoms with Crippen LogP contribution in [-0.4, -0.2) is 12.0 Å². The van der Waals surface area contributed by atoms with Crippen molar-refractivity contribution in [3.8, 4) is 0 Å². The van der Waals surface area contributed by atoms with Gasteiger partial charge in [0.2, 0.25) is 0 Å². The molecule has 1 heterocycles. The molecule has 1 aromatic rings. The van der Waals surface area contributed by atoms with Crippen LogP contribution in [0.25, 0.3) is 0 Å². The third-order valence-electron chi connectivity index (χ3n) is 2.96. The Labute approximate surface area is 92.1 Å². The molecule has 0 aromatic carbocycles. The average Bonchev–Trinajstić information content (AvgIpc) is 3.02. The molecular weight excluding hydrogens is 184 g/mol. The minimum atomic E-state index is 0.533. The summed E-state index contributed by atoms with van der Waals surface area (Å²) in [5.74, 6) is 1.28. The van der Waals surface area contributed by atoms with Crippen molar-refractivity contribution in [2.75, 3.05) is 7.05 Å². The van der Waals surface area contributed by atoms with Crippen LogP contribution < -0.4 is 5.32 Å². The van der Waals surface area contributed by atoms with Gasteiger partial charge in [-0.25, -0.2) is 0 Å². The SMILES string of the molecule is CNCc1ccc(C(C)C)nc1C1CC1. The lowest BCUT2D eigenvalue weighted by Gasteiger charge is -2.11. The molecule has 2 heteroatoms. The molecule has 1 aliphatic rings. The van der Waals surface area contributed by atoms with Crippen molar-refractivity contribution < 1.29 is 0 Å². The van der Waals surface area contributed by atoms with Crippen molar-refractivity contribution in [2.45, 2.75) is 45.1 Å². The van der Waals surface area contributed by atoms with E-state index in [2.05, 4.69) is 31.3 Å². The number of rotatable bonds is 4. The van der Waals surface area contributed by atoms with Gasteiger partial charge in [-0.15, -0.1) is 0 Å². The van der Waals surface area contributed by atoms with E-state index in [1.54, 1.807) is 0 Å². The van der Waals surface area contributed by atoms with E-state index in [1.165, 1.54) is 29.8 Å². The van der Waals surface area contributed by atoms with Gasteiger partial charge < -0.3 is 5.32 Å². The molecule has 1 aromatic heterocycles. The van der Waals surface area contributed by atoms with Crippen LogP contribution in [-0.2, 0) is 6.54 Å². The number of hydrogen-bond donors (Lipinski definition) is 1. The molecule has 0 amide bonds. The van der Waals surface area contributed by atoms with Crippen molar-refractivity contribution in [1.29, 1.82) is 0 Å². The highest BCUT2D eigenvalue weighted by atomic mass is 14.8. The van der Waals surface area contributed by atoms with Gasteiger partial charge in [0, 0.05) is 23.9 Å². The predicted molar refractivity (Wildman–Crippen MR) is 63.1 cm³/mol. The van der Waals surface area contributed by atoms with E-state index in [9.17, 15) is 0 Å². The summed E-state index contributed by atoms with van der Waals surface area (Å²) in [5.41, 5.74) is 3.96. The van der Waals surface area contributed by atoms with Gasteiger partial charge in [-0.3, -0.25) is 4.98 Å². The lowest BCUT2D eigenvalue weighted by molar-refractivity contribution is 0.762. The van der Waals surface area contributed by atoms with E-state index in [1.807, 2.05) is 7.05 Å². The molecule has 15 heavy (non-hydrogen) atoms. The molecule has 2 rings (SSSR count). The van der Waals surface area contributed by atoms with E-state index in [0.29, 0.717) is 5.92 Å². The zero-order chi connectivity index (χ0) is 10.8. The second-order valence-corrected chi connectivity index (χ2v) is 4.74. The first kappa shape index (κ1) is 10.6. The fourth-order valence-electron chi connectivity index (χ4n) is 1.89. The van der Waals surface area contributed by atoms with Crippen LogP contribution in [0.1, 0.15) is 55.5 Å². The number of nitrogens with one attached hydrogen (secondary N) is 1. The second-order valence-electron chi connectivity index (χ2n) is 4.74. The normalized spacial score (nSPS) is 16.0. The molecule has 0 atom stereocenters. The first-order valence-electron chi connectivity index (χ1n) is 5.86. The van der Waals surface area contributed by atoms with Gasteiger partial charge in [-0.2, -0.15) is 0 Å². The second kappa shape index (κ2) is 4.31. The summed E-state index contributed by atoms with van der Waals surface area (Å²) >= 11 is 0. The monoisotopic (exact) mass is 204 g/mol. The first-order valence-corrected chi connectivity index (χ1v) is 5.86. The maximum atomic E-state index is 4.81. The van der Waals surface area contributed by atoms with Crippen molar-refractivity contribution >= 4 is 0 Å². The molecule has 0 radical (unpaired) electrons. The smallest absolute Gasteiger partial charge is 0.0482 e. The van der Waals surface area contributed by atoms with E-state index >= 15 is 0 Å². The Morgan fingerprint density at radius 1 is 1.40 bits per heavy atom. The number of aromatic nitrogens is 1. The maximum absolute atomic E-state index is 4.81. The highest BCUT2D eigenvalue weighted by Crippen LogP contribution is 2.41. The number of nitrogens with zero attached hydrogens (tertiary/aromatic N) is 1. The summed E-state index contributed by atoms with van der Waals surface area (Å²) in [6.07, 6.45) is 2.65. The van der Waals surface area contributed by atoms with E-state index in [-0.39, 0.29) is 0 Å². The van der Waals surface area contributed by atoms with Crippen LogP contribution in [0.5, 0.6) is 0 Å². The largest absolute Gasteiger partial charge is 0.316 e. The predicted octanol–water partition coefficient (Wildman–Crippen LogP) is 2.80. The zero-order valence-corrected chi connectivity index (χ0v) is 9.88. The lowest BCUT2D eigenvalue weighted by Crippen LogP contribution is -2.10. The molecule has 0 unspecified atom stereocenters. The van der Waals surface area contributed by atoms with Gasteiger partial charge in [-0.05, 0) is 37.4 Å². The zero-order valence-electron chi connectivity index (χ0n) is 9.88. The van der Waals surface area contributed by atoms with Crippen molar-refractivity contribution in [3.05, 3.63) is 29.1 Å². The quantitative estimate of drug-likeness (QED) is 0.815. The van der Waals surface area contributed by atoms with Crippen LogP contribution >= 0.6 is 0 Å². The fraction of sp³-hybridized carbons (Fsp3) is 0.615. The molecule has 1 aliphatic carbocycles. The molecule has 1 saturated carbocycles. The summed E-state index contributed by atoms with van der Waals surface area (Å²) < 4.78 is 0. The molecule has 82 valence electrons. The van der Waals surface area contributed by atoms with Crippen molar-refractivity contribution in [3.63, 3.8) is 0 Å². The highest BCUT2D eigenvalue weighted by Gasteiger charge is 2.27. The fourth-order valence-corrected chi connectivity index (χ4v) is 1.89. The van der Waals surface area contributed by atoms with E-state index < -0.39 is 0 Å². The Kier molecular flexibility index (Phi) is 3.06. The van der Waals surface area contributed by atoms with Crippen LogP contribution in [0.15, 0.2) is 12.1 Å². The van der Waals surface area contributed by atoms with Crippen molar-refractivity contribution in [1.82, 2.24) is 10.3 Å². The maximum Gasteiger partial charge on any atom is 0.0482 e. The molecule has 0 aliphatic heterocycles. The molecular formula is C13H20N2. The summed E-state index contributed by atoms with van der Waals surface area (Å²) in [4.78, 5) is 4.81. The van der Waals surface area contributed by atoms with Gasteiger partial charge in [0.15, 0.2) is 0 Å². The van der Waals surface area contributed by atoms with Crippen LogP contribution in [0, 0.1) is 0 Å². The Hall–Kier alpha value is -0.890. The van der Waals surface area contributed by atoms with Crippen LogP contribution in [0.4, 0.5) is 0 Å². The Balaban J connectivity index is 2.31. The number of pyridine rings is 1. The highest BCUT2D eigenvalue weighted by molar-refractivity contribution is 5.29. The minimum Gasteiger partial charge on any atom is -0.316 e. The summed E-state index contributed by atoms with van der Waals surface area (Å²) in [6, 6.07) is 4.41. The van der Waals surface area contributed by atoms with E-state index in [4.69, 9.17) is 4.98 Å². The van der Waals surface area contributed by atoms with Gasteiger partial charge >= 0.3 is 0 Å². The minimum absolute atomic E-state index is 0.533. The third kappa shape index (κ3) is 2.37. The molecule has 2 nitrogen and oxygen atoms in total. The third-order valence-corrected chi connectivity index (χ3v) is 2.96. The van der Waals surface area contributed by atoms with Gasteiger partial charge in [0.1, 0.15) is 0 Å².